The number of halogens is 1. The van der Waals surface area contributed by atoms with Gasteiger partial charge in [0.25, 0.3) is 0 Å². The van der Waals surface area contributed by atoms with Crippen LogP contribution in [0.1, 0.15) is 32.4 Å². The van der Waals surface area contributed by atoms with Crippen molar-refractivity contribution in [3.8, 4) is 5.75 Å². The summed E-state index contributed by atoms with van der Waals surface area (Å²) < 4.78 is 33.8. The zero-order valence-corrected chi connectivity index (χ0v) is 17.2. The van der Waals surface area contributed by atoms with Crippen LogP contribution < -0.4 is 14.8 Å². The van der Waals surface area contributed by atoms with E-state index in [0.717, 1.165) is 5.56 Å². The third-order valence-electron chi connectivity index (χ3n) is 3.97. The molecule has 2 aromatic carbocycles. The topological polar surface area (TPSA) is 84.5 Å². The Bertz CT molecular complexity index is 912. The molecular formula is C19H23ClN2O4S. The van der Waals surface area contributed by atoms with Crippen molar-refractivity contribution in [1.29, 1.82) is 0 Å². The van der Waals surface area contributed by atoms with Crippen LogP contribution in [0.3, 0.4) is 0 Å². The Morgan fingerprint density at radius 2 is 1.74 bits per heavy atom. The molecule has 2 N–H and O–H groups in total. The van der Waals surface area contributed by atoms with Crippen molar-refractivity contribution in [1.82, 2.24) is 4.72 Å². The van der Waals surface area contributed by atoms with E-state index in [9.17, 15) is 13.2 Å². The molecule has 1 unspecified atom stereocenters. The van der Waals surface area contributed by atoms with E-state index in [0.29, 0.717) is 16.5 Å². The van der Waals surface area contributed by atoms with Crippen molar-refractivity contribution in [3.05, 3.63) is 53.1 Å². The molecule has 0 heterocycles. The van der Waals surface area contributed by atoms with E-state index in [1.165, 1.54) is 32.2 Å². The van der Waals surface area contributed by atoms with Gasteiger partial charge >= 0.3 is 0 Å². The molecule has 1 atom stereocenters. The fraction of sp³-hybridized carbons (Fsp3) is 0.316. The quantitative estimate of drug-likeness (QED) is 0.722. The molecule has 0 radical (unpaired) electrons. The first kappa shape index (κ1) is 21.2. The molecule has 0 bridgehead atoms. The van der Waals surface area contributed by atoms with Crippen LogP contribution in [0.2, 0.25) is 5.02 Å². The van der Waals surface area contributed by atoms with Crippen molar-refractivity contribution in [2.24, 2.45) is 5.92 Å². The molecule has 0 aliphatic heterocycles. The molecule has 0 fully saturated rings. The molecule has 0 saturated carbocycles. The van der Waals surface area contributed by atoms with Gasteiger partial charge in [-0.1, -0.05) is 37.6 Å². The van der Waals surface area contributed by atoms with Gasteiger partial charge < -0.3 is 10.1 Å². The number of hydrogen-bond acceptors (Lipinski definition) is 4. The standard InChI is InChI=1S/C19H23ClN2O4S/c1-12(2)19(14-5-7-15(20)8-6-14)22-27(24,25)16-9-10-18(26-4)17(11-16)21-13(3)23/h5-12,19,22H,1-4H3,(H,21,23). The maximum Gasteiger partial charge on any atom is 0.241 e. The van der Waals surface area contributed by atoms with E-state index in [1.54, 1.807) is 24.3 Å². The van der Waals surface area contributed by atoms with Gasteiger partial charge in [-0.15, -0.1) is 0 Å². The number of benzene rings is 2. The largest absolute Gasteiger partial charge is 0.495 e. The SMILES string of the molecule is COc1ccc(S(=O)(=O)NC(c2ccc(Cl)cc2)C(C)C)cc1NC(C)=O. The van der Waals surface area contributed by atoms with Crippen LogP contribution in [-0.4, -0.2) is 21.4 Å². The fourth-order valence-electron chi connectivity index (χ4n) is 2.64. The molecule has 27 heavy (non-hydrogen) atoms. The van der Waals surface area contributed by atoms with E-state index in [-0.39, 0.29) is 16.7 Å². The van der Waals surface area contributed by atoms with E-state index in [4.69, 9.17) is 16.3 Å². The molecule has 146 valence electrons. The predicted octanol–water partition coefficient (Wildman–Crippen LogP) is 3.98. The summed E-state index contributed by atoms with van der Waals surface area (Å²) in [5.41, 5.74) is 1.11. The van der Waals surface area contributed by atoms with E-state index in [2.05, 4.69) is 10.0 Å². The molecule has 0 saturated heterocycles. The number of ether oxygens (including phenoxy) is 1. The lowest BCUT2D eigenvalue weighted by molar-refractivity contribution is -0.114. The van der Waals surface area contributed by atoms with Gasteiger partial charge in [-0.05, 0) is 41.8 Å². The van der Waals surface area contributed by atoms with Gasteiger partial charge in [-0.2, -0.15) is 0 Å². The Morgan fingerprint density at radius 3 is 2.26 bits per heavy atom. The monoisotopic (exact) mass is 410 g/mol. The lowest BCUT2D eigenvalue weighted by Crippen LogP contribution is -2.31. The van der Waals surface area contributed by atoms with Gasteiger partial charge in [0.05, 0.1) is 17.7 Å². The summed E-state index contributed by atoms with van der Waals surface area (Å²) in [5.74, 6) is 0.0632. The summed E-state index contributed by atoms with van der Waals surface area (Å²) in [6.07, 6.45) is 0. The molecular weight excluding hydrogens is 388 g/mol. The van der Waals surface area contributed by atoms with E-state index >= 15 is 0 Å². The number of carbonyl (C=O) groups is 1. The molecule has 6 nitrogen and oxygen atoms in total. The Morgan fingerprint density at radius 1 is 1.11 bits per heavy atom. The minimum absolute atomic E-state index is 0.00835. The normalized spacial score (nSPS) is 12.7. The predicted molar refractivity (Wildman–Crippen MR) is 107 cm³/mol. The summed E-state index contributed by atoms with van der Waals surface area (Å²) in [6, 6.07) is 10.9. The first-order chi connectivity index (χ1) is 12.6. The Hall–Kier alpha value is -2.09. The zero-order valence-electron chi connectivity index (χ0n) is 15.6. The zero-order chi connectivity index (χ0) is 20.2. The van der Waals surface area contributed by atoms with Crippen LogP contribution in [-0.2, 0) is 14.8 Å². The molecule has 8 heteroatoms. The molecule has 0 aliphatic rings. The highest BCUT2D eigenvalue weighted by Crippen LogP contribution is 2.30. The summed E-state index contributed by atoms with van der Waals surface area (Å²) in [4.78, 5) is 11.4. The van der Waals surface area contributed by atoms with Gasteiger partial charge in [0, 0.05) is 18.0 Å². The van der Waals surface area contributed by atoms with Crippen LogP contribution in [0.25, 0.3) is 0 Å². The first-order valence-corrected chi connectivity index (χ1v) is 10.2. The molecule has 0 aromatic heterocycles. The third-order valence-corrected chi connectivity index (χ3v) is 5.66. The van der Waals surface area contributed by atoms with Crippen molar-refractivity contribution in [3.63, 3.8) is 0 Å². The first-order valence-electron chi connectivity index (χ1n) is 8.37. The molecule has 1 amide bonds. The van der Waals surface area contributed by atoms with Gasteiger partial charge in [-0.3, -0.25) is 4.79 Å². The number of carbonyl (C=O) groups excluding carboxylic acids is 1. The number of amides is 1. The molecule has 0 spiro atoms. The number of hydrogen-bond donors (Lipinski definition) is 2. The van der Waals surface area contributed by atoms with Gasteiger partial charge in [0.15, 0.2) is 0 Å². The second-order valence-corrected chi connectivity index (χ2v) is 8.59. The number of sulfonamides is 1. The second kappa shape index (κ2) is 8.73. The summed E-state index contributed by atoms with van der Waals surface area (Å²) in [7, 11) is -2.39. The summed E-state index contributed by atoms with van der Waals surface area (Å²) >= 11 is 5.93. The fourth-order valence-corrected chi connectivity index (χ4v) is 4.16. The van der Waals surface area contributed by atoms with Crippen LogP contribution in [0.4, 0.5) is 5.69 Å². The summed E-state index contributed by atoms with van der Waals surface area (Å²) in [6.45, 7) is 5.20. The highest BCUT2D eigenvalue weighted by Gasteiger charge is 2.25. The smallest absolute Gasteiger partial charge is 0.241 e. The average Bonchev–Trinajstić information content (AvgIpc) is 2.60. The lowest BCUT2D eigenvalue weighted by Gasteiger charge is -2.23. The van der Waals surface area contributed by atoms with E-state index in [1.807, 2.05) is 13.8 Å². The number of methoxy groups -OCH3 is 1. The van der Waals surface area contributed by atoms with Crippen LogP contribution in [0.15, 0.2) is 47.4 Å². The Balaban J connectivity index is 2.38. The third kappa shape index (κ3) is 5.45. The number of rotatable bonds is 7. The van der Waals surface area contributed by atoms with Crippen LogP contribution >= 0.6 is 11.6 Å². The minimum atomic E-state index is -3.84. The second-order valence-electron chi connectivity index (χ2n) is 6.44. The lowest BCUT2D eigenvalue weighted by atomic mass is 9.97. The maximum atomic E-state index is 12.9. The summed E-state index contributed by atoms with van der Waals surface area (Å²) in [5, 5.41) is 3.16. The minimum Gasteiger partial charge on any atom is -0.495 e. The molecule has 2 rings (SSSR count). The van der Waals surface area contributed by atoms with Gasteiger partial charge in [0.1, 0.15) is 5.75 Å². The van der Waals surface area contributed by atoms with Gasteiger partial charge in [-0.25, -0.2) is 13.1 Å². The Kier molecular flexibility index (Phi) is 6.86. The highest BCUT2D eigenvalue weighted by atomic mass is 35.5. The number of nitrogens with one attached hydrogen (secondary N) is 2. The Labute approximate surface area is 164 Å². The van der Waals surface area contributed by atoms with E-state index < -0.39 is 16.1 Å². The maximum absolute atomic E-state index is 12.9. The average molecular weight is 411 g/mol. The van der Waals surface area contributed by atoms with Crippen molar-refractivity contribution >= 4 is 33.2 Å². The van der Waals surface area contributed by atoms with Crippen molar-refractivity contribution < 1.29 is 17.9 Å². The number of anilines is 1. The van der Waals surface area contributed by atoms with Gasteiger partial charge in [0.2, 0.25) is 15.9 Å². The molecule has 0 aliphatic carbocycles. The van der Waals surface area contributed by atoms with Crippen molar-refractivity contribution in [2.75, 3.05) is 12.4 Å². The van der Waals surface area contributed by atoms with Crippen LogP contribution in [0, 0.1) is 5.92 Å². The highest BCUT2D eigenvalue weighted by molar-refractivity contribution is 7.89. The van der Waals surface area contributed by atoms with Crippen LogP contribution in [0.5, 0.6) is 5.75 Å². The van der Waals surface area contributed by atoms with Crippen molar-refractivity contribution in [2.45, 2.75) is 31.7 Å². The molecule has 2 aromatic rings.